The average molecular weight is 260 g/mol. The third-order valence-corrected chi connectivity index (χ3v) is 3.37. The molecule has 19 heavy (non-hydrogen) atoms. The van der Waals surface area contributed by atoms with E-state index in [-0.39, 0.29) is 6.42 Å². The summed E-state index contributed by atoms with van der Waals surface area (Å²) in [6.07, 6.45) is 5.31. The number of nitrogens with zero attached hydrogens (tertiary/aromatic N) is 4. The standard InChI is InChI=1S/C13H16N4O2/c18-13(19)8-10-9-17-11(14-10)4-5-12(15-17)16-6-2-1-3-7-16/h4-5,9H,1-3,6-8H2,(H,18,19). The van der Waals surface area contributed by atoms with Crippen molar-refractivity contribution < 1.29 is 9.90 Å². The van der Waals surface area contributed by atoms with Crippen LogP contribution in [0.3, 0.4) is 0 Å². The Morgan fingerprint density at radius 1 is 1.26 bits per heavy atom. The predicted octanol–water partition coefficient (Wildman–Crippen LogP) is 1.35. The molecule has 6 nitrogen and oxygen atoms in total. The Morgan fingerprint density at radius 2 is 2.05 bits per heavy atom. The normalized spacial score (nSPS) is 15.9. The molecule has 0 bridgehead atoms. The van der Waals surface area contributed by atoms with Gasteiger partial charge in [0.15, 0.2) is 5.65 Å². The summed E-state index contributed by atoms with van der Waals surface area (Å²) in [4.78, 5) is 17.2. The van der Waals surface area contributed by atoms with Crippen molar-refractivity contribution in [3.8, 4) is 0 Å². The first-order chi connectivity index (χ1) is 9.22. The van der Waals surface area contributed by atoms with Gasteiger partial charge in [-0.05, 0) is 31.4 Å². The van der Waals surface area contributed by atoms with Gasteiger partial charge in [0.25, 0.3) is 0 Å². The fourth-order valence-electron chi connectivity index (χ4n) is 2.45. The molecular formula is C13H16N4O2. The van der Waals surface area contributed by atoms with Crippen molar-refractivity contribution in [2.45, 2.75) is 25.7 Å². The van der Waals surface area contributed by atoms with Gasteiger partial charge in [-0.3, -0.25) is 4.79 Å². The van der Waals surface area contributed by atoms with E-state index in [0.29, 0.717) is 11.3 Å². The number of piperidine rings is 1. The van der Waals surface area contributed by atoms with Crippen molar-refractivity contribution in [1.82, 2.24) is 14.6 Å². The topological polar surface area (TPSA) is 70.7 Å². The van der Waals surface area contributed by atoms with E-state index >= 15 is 0 Å². The van der Waals surface area contributed by atoms with E-state index in [0.717, 1.165) is 18.9 Å². The van der Waals surface area contributed by atoms with E-state index in [1.807, 2.05) is 12.1 Å². The molecule has 2 aromatic heterocycles. The first kappa shape index (κ1) is 12.0. The number of anilines is 1. The number of carbonyl (C=O) groups is 1. The Balaban J connectivity index is 1.89. The summed E-state index contributed by atoms with van der Waals surface area (Å²) in [7, 11) is 0. The quantitative estimate of drug-likeness (QED) is 0.902. The molecule has 6 heteroatoms. The fourth-order valence-corrected chi connectivity index (χ4v) is 2.45. The maximum Gasteiger partial charge on any atom is 0.309 e. The van der Waals surface area contributed by atoms with E-state index in [1.165, 1.54) is 19.3 Å². The Hall–Kier alpha value is -2.11. The van der Waals surface area contributed by atoms with E-state index in [4.69, 9.17) is 5.11 Å². The van der Waals surface area contributed by atoms with Gasteiger partial charge in [0.2, 0.25) is 0 Å². The van der Waals surface area contributed by atoms with E-state index in [1.54, 1.807) is 10.7 Å². The molecule has 100 valence electrons. The van der Waals surface area contributed by atoms with Crippen LogP contribution < -0.4 is 4.90 Å². The number of carboxylic acids is 1. The van der Waals surface area contributed by atoms with Gasteiger partial charge in [0.1, 0.15) is 5.82 Å². The molecular weight excluding hydrogens is 244 g/mol. The zero-order valence-electron chi connectivity index (χ0n) is 10.6. The van der Waals surface area contributed by atoms with Crippen LogP contribution in [0.1, 0.15) is 25.0 Å². The van der Waals surface area contributed by atoms with Gasteiger partial charge in [-0.2, -0.15) is 0 Å². The maximum absolute atomic E-state index is 10.7. The number of hydrogen-bond donors (Lipinski definition) is 1. The van der Waals surface area contributed by atoms with Gasteiger partial charge in [0.05, 0.1) is 18.3 Å². The lowest BCUT2D eigenvalue weighted by atomic mass is 10.1. The van der Waals surface area contributed by atoms with Crippen LogP contribution in [0.15, 0.2) is 18.3 Å². The smallest absolute Gasteiger partial charge is 0.309 e. The van der Waals surface area contributed by atoms with E-state index in [2.05, 4.69) is 15.0 Å². The molecule has 1 saturated heterocycles. The van der Waals surface area contributed by atoms with Gasteiger partial charge in [-0.15, -0.1) is 5.10 Å². The Bertz CT molecular complexity index is 602. The van der Waals surface area contributed by atoms with Crippen LogP contribution in [0.5, 0.6) is 0 Å². The zero-order chi connectivity index (χ0) is 13.2. The lowest BCUT2D eigenvalue weighted by molar-refractivity contribution is -0.136. The molecule has 3 rings (SSSR count). The average Bonchev–Trinajstić information content (AvgIpc) is 2.79. The highest BCUT2D eigenvalue weighted by atomic mass is 16.4. The minimum Gasteiger partial charge on any atom is -0.481 e. The second-order valence-corrected chi connectivity index (χ2v) is 4.84. The second-order valence-electron chi connectivity index (χ2n) is 4.84. The highest BCUT2D eigenvalue weighted by Crippen LogP contribution is 2.18. The van der Waals surface area contributed by atoms with E-state index < -0.39 is 5.97 Å². The second kappa shape index (κ2) is 4.87. The molecule has 0 saturated carbocycles. The molecule has 3 heterocycles. The van der Waals surface area contributed by atoms with Gasteiger partial charge < -0.3 is 10.0 Å². The van der Waals surface area contributed by atoms with Crippen molar-refractivity contribution in [1.29, 1.82) is 0 Å². The SMILES string of the molecule is O=C(O)Cc1cn2nc(N3CCCCC3)ccc2n1. The highest BCUT2D eigenvalue weighted by Gasteiger charge is 2.13. The van der Waals surface area contributed by atoms with Gasteiger partial charge in [-0.1, -0.05) is 0 Å². The van der Waals surface area contributed by atoms with Crippen LogP contribution in [-0.4, -0.2) is 38.8 Å². The predicted molar refractivity (Wildman–Crippen MR) is 70.4 cm³/mol. The van der Waals surface area contributed by atoms with Crippen LogP contribution in [0, 0.1) is 0 Å². The molecule has 0 aliphatic carbocycles. The summed E-state index contributed by atoms with van der Waals surface area (Å²) >= 11 is 0. The third-order valence-electron chi connectivity index (χ3n) is 3.37. The minimum atomic E-state index is -0.875. The molecule has 1 aliphatic heterocycles. The van der Waals surface area contributed by atoms with Crippen molar-refractivity contribution in [2.24, 2.45) is 0 Å². The molecule has 0 radical (unpaired) electrons. The number of imidazole rings is 1. The Morgan fingerprint density at radius 3 is 2.79 bits per heavy atom. The highest BCUT2D eigenvalue weighted by molar-refractivity contribution is 5.69. The maximum atomic E-state index is 10.7. The van der Waals surface area contributed by atoms with E-state index in [9.17, 15) is 4.79 Å². The Kier molecular flexibility index (Phi) is 3.06. The lowest BCUT2D eigenvalue weighted by Gasteiger charge is -2.27. The van der Waals surface area contributed by atoms with Gasteiger partial charge >= 0.3 is 5.97 Å². The van der Waals surface area contributed by atoms with Crippen LogP contribution in [0.25, 0.3) is 5.65 Å². The largest absolute Gasteiger partial charge is 0.481 e. The molecule has 0 atom stereocenters. The number of hydrogen-bond acceptors (Lipinski definition) is 4. The van der Waals surface area contributed by atoms with Crippen molar-refractivity contribution in [3.63, 3.8) is 0 Å². The first-order valence-corrected chi connectivity index (χ1v) is 6.54. The summed E-state index contributed by atoms with van der Waals surface area (Å²) < 4.78 is 1.67. The van der Waals surface area contributed by atoms with Crippen molar-refractivity contribution in [3.05, 3.63) is 24.0 Å². The third kappa shape index (κ3) is 2.52. The molecule has 1 fully saturated rings. The van der Waals surface area contributed by atoms with Crippen LogP contribution in [0.4, 0.5) is 5.82 Å². The number of rotatable bonds is 3. The zero-order valence-corrected chi connectivity index (χ0v) is 10.6. The summed E-state index contributed by atoms with van der Waals surface area (Å²) in [5.41, 5.74) is 1.23. The summed E-state index contributed by atoms with van der Waals surface area (Å²) in [5, 5.41) is 13.3. The molecule has 2 aromatic rings. The van der Waals surface area contributed by atoms with Crippen LogP contribution in [0.2, 0.25) is 0 Å². The van der Waals surface area contributed by atoms with Gasteiger partial charge in [-0.25, -0.2) is 9.50 Å². The lowest BCUT2D eigenvalue weighted by Crippen LogP contribution is -2.30. The number of carboxylic acid groups (broad SMARTS) is 1. The number of aliphatic carboxylic acids is 1. The first-order valence-electron chi connectivity index (χ1n) is 6.54. The molecule has 0 amide bonds. The summed E-state index contributed by atoms with van der Waals surface area (Å²) in [6, 6.07) is 3.85. The van der Waals surface area contributed by atoms with Crippen molar-refractivity contribution >= 4 is 17.4 Å². The molecule has 0 unspecified atom stereocenters. The summed E-state index contributed by atoms with van der Waals surface area (Å²) in [6.45, 7) is 2.07. The fraction of sp³-hybridized carbons (Fsp3) is 0.462. The molecule has 0 aromatic carbocycles. The number of aromatic nitrogens is 3. The number of fused-ring (bicyclic) bond motifs is 1. The monoisotopic (exact) mass is 260 g/mol. The minimum absolute atomic E-state index is 0.0671. The molecule has 0 spiro atoms. The molecule has 1 N–H and O–H groups in total. The summed E-state index contributed by atoms with van der Waals surface area (Å²) in [5.74, 6) is 0.0612. The van der Waals surface area contributed by atoms with Crippen molar-refractivity contribution in [2.75, 3.05) is 18.0 Å². The van der Waals surface area contributed by atoms with Crippen LogP contribution >= 0.6 is 0 Å². The van der Waals surface area contributed by atoms with Crippen LogP contribution in [-0.2, 0) is 11.2 Å². The Labute approximate surface area is 110 Å². The molecule has 1 aliphatic rings. The van der Waals surface area contributed by atoms with Gasteiger partial charge in [0, 0.05) is 13.1 Å².